The number of anilines is 2. The lowest BCUT2D eigenvalue weighted by Crippen LogP contribution is -2.26. The van der Waals surface area contributed by atoms with Crippen molar-refractivity contribution in [1.82, 2.24) is 0 Å². The molecule has 0 aromatic heterocycles. The first-order valence-electron chi connectivity index (χ1n) is 7.21. The maximum absolute atomic E-state index is 12.6. The van der Waals surface area contributed by atoms with Crippen molar-refractivity contribution in [2.75, 3.05) is 16.7 Å². The van der Waals surface area contributed by atoms with Gasteiger partial charge in [0.25, 0.3) is 10.0 Å². The van der Waals surface area contributed by atoms with E-state index in [4.69, 9.17) is 0 Å². The van der Waals surface area contributed by atoms with Crippen LogP contribution < -0.4 is 14.4 Å². The number of amides is 1. The van der Waals surface area contributed by atoms with Gasteiger partial charge in [-0.05, 0) is 36.4 Å². The van der Waals surface area contributed by atoms with Crippen LogP contribution in [-0.4, -0.2) is 27.7 Å². The van der Waals surface area contributed by atoms with Crippen molar-refractivity contribution in [2.24, 2.45) is 0 Å². The van der Waals surface area contributed by atoms with E-state index in [1.54, 1.807) is 0 Å². The molecule has 0 aliphatic heterocycles. The quantitative estimate of drug-likeness (QED) is 0.852. The third-order valence-electron chi connectivity index (χ3n) is 3.25. The van der Waals surface area contributed by atoms with Gasteiger partial charge in [0.05, 0.1) is 10.6 Å². The number of hydrogen-bond donors (Lipinski definition) is 1. The van der Waals surface area contributed by atoms with Crippen LogP contribution in [0.15, 0.2) is 53.4 Å². The van der Waals surface area contributed by atoms with Gasteiger partial charge in [-0.1, -0.05) is 6.07 Å². The molecular formula is C16H15F3N2O4S. The fourth-order valence-corrected chi connectivity index (χ4v) is 3.27. The molecule has 6 nitrogen and oxygen atoms in total. The lowest BCUT2D eigenvalue weighted by Gasteiger charge is -2.20. The molecule has 10 heteroatoms. The number of rotatable bonds is 5. The Kier molecular flexibility index (Phi) is 5.45. The predicted octanol–water partition coefficient (Wildman–Crippen LogP) is 3.37. The summed E-state index contributed by atoms with van der Waals surface area (Å²) in [7, 11) is -2.80. The summed E-state index contributed by atoms with van der Waals surface area (Å²) in [6, 6.07) is 10.0. The Hall–Kier alpha value is -2.75. The largest absolute Gasteiger partial charge is 0.573 e. The van der Waals surface area contributed by atoms with E-state index < -0.39 is 22.1 Å². The van der Waals surface area contributed by atoms with Crippen molar-refractivity contribution >= 4 is 27.3 Å². The molecular weight excluding hydrogens is 373 g/mol. The molecule has 0 aliphatic rings. The van der Waals surface area contributed by atoms with Crippen LogP contribution in [0.1, 0.15) is 6.92 Å². The van der Waals surface area contributed by atoms with E-state index in [1.807, 2.05) is 0 Å². The Morgan fingerprint density at radius 2 is 1.73 bits per heavy atom. The first-order valence-corrected chi connectivity index (χ1v) is 8.65. The van der Waals surface area contributed by atoms with Crippen LogP contribution in [0.25, 0.3) is 0 Å². The number of benzene rings is 2. The number of nitrogens with one attached hydrogen (secondary N) is 1. The second-order valence-corrected chi connectivity index (χ2v) is 7.19. The van der Waals surface area contributed by atoms with Crippen LogP contribution in [0.2, 0.25) is 0 Å². The number of hydrogen-bond acceptors (Lipinski definition) is 4. The van der Waals surface area contributed by atoms with E-state index in [2.05, 4.69) is 10.1 Å². The molecule has 0 unspecified atom stereocenters. The second-order valence-electron chi connectivity index (χ2n) is 5.22. The topological polar surface area (TPSA) is 75.7 Å². The van der Waals surface area contributed by atoms with Gasteiger partial charge in [-0.15, -0.1) is 13.2 Å². The Morgan fingerprint density at radius 1 is 1.12 bits per heavy atom. The minimum Gasteiger partial charge on any atom is -0.406 e. The summed E-state index contributed by atoms with van der Waals surface area (Å²) in [5.41, 5.74) is 0.414. The van der Waals surface area contributed by atoms with Gasteiger partial charge in [-0.2, -0.15) is 0 Å². The van der Waals surface area contributed by atoms with Crippen LogP contribution in [0.4, 0.5) is 24.5 Å². The average Bonchev–Trinajstić information content (AvgIpc) is 2.52. The Balaban J connectivity index is 2.28. The molecule has 0 saturated heterocycles. The van der Waals surface area contributed by atoms with Gasteiger partial charge >= 0.3 is 6.36 Å². The van der Waals surface area contributed by atoms with Gasteiger partial charge in [0.15, 0.2) is 0 Å². The van der Waals surface area contributed by atoms with Gasteiger partial charge < -0.3 is 10.1 Å². The molecule has 0 spiro atoms. The molecule has 0 saturated carbocycles. The van der Waals surface area contributed by atoms with E-state index in [9.17, 15) is 26.4 Å². The minimum atomic E-state index is -4.88. The maximum atomic E-state index is 12.6. The molecule has 2 rings (SSSR count). The number of nitrogens with zero attached hydrogens (tertiary/aromatic N) is 1. The zero-order valence-electron chi connectivity index (χ0n) is 13.7. The second kappa shape index (κ2) is 7.24. The summed E-state index contributed by atoms with van der Waals surface area (Å²) in [5.74, 6) is -0.836. The smallest absolute Gasteiger partial charge is 0.406 e. The third kappa shape index (κ3) is 4.88. The van der Waals surface area contributed by atoms with Crippen LogP contribution in [0.3, 0.4) is 0 Å². The van der Waals surface area contributed by atoms with Crippen LogP contribution in [0, 0.1) is 0 Å². The van der Waals surface area contributed by atoms with Crippen LogP contribution in [-0.2, 0) is 14.8 Å². The van der Waals surface area contributed by atoms with Gasteiger partial charge in [0, 0.05) is 25.7 Å². The van der Waals surface area contributed by atoms with Crippen molar-refractivity contribution in [3.05, 3.63) is 48.5 Å². The molecule has 0 radical (unpaired) electrons. The summed E-state index contributed by atoms with van der Waals surface area (Å²) in [5, 5.41) is 2.50. The number of ether oxygens (including phenoxy) is 1. The van der Waals surface area contributed by atoms with Crippen LogP contribution in [0.5, 0.6) is 5.75 Å². The molecule has 0 aliphatic carbocycles. The zero-order chi connectivity index (χ0) is 19.5. The van der Waals surface area contributed by atoms with Gasteiger partial charge in [-0.3, -0.25) is 9.10 Å². The first kappa shape index (κ1) is 19.6. The maximum Gasteiger partial charge on any atom is 0.573 e. The molecule has 1 amide bonds. The van der Waals surface area contributed by atoms with Crippen molar-refractivity contribution in [3.63, 3.8) is 0 Å². The summed E-state index contributed by atoms with van der Waals surface area (Å²) in [6.07, 6.45) is -4.88. The molecule has 0 bridgehead atoms. The SMILES string of the molecule is CC(=O)Nc1ccc(S(=O)(=O)N(C)c2cccc(OC(F)(F)F)c2)cc1. The normalized spacial score (nSPS) is 11.7. The van der Waals surface area contributed by atoms with Crippen molar-refractivity contribution < 1.29 is 31.1 Å². The van der Waals surface area contributed by atoms with Gasteiger partial charge in [0.1, 0.15) is 5.75 Å². The predicted molar refractivity (Wildman–Crippen MR) is 89.5 cm³/mol. The van der Waals surface area contributed by atoms with Crippen molar-refractivity contribution in [3.8, 4) is 5.75 Å². The highest BCUT2D eigenvalue weighted by atomic mass is 32.2. The molecule has 2 aromatic carbocycles. The summed E-state index contributed by atoms with van der Waals surface area (Å²) in [6.45, 7) is 1.31. The standard InChI is InChI=1S/C16H15F3N2O4S/c1-11(22)20-12-6-8-15(9-7-12)26(23,24)21(2)13-4-3-5-14(10-13)25-16(17,18)19/h3-10H,1-2H3,(H,20,22). The van der Waals surface area contributed by atoms with E-state index in [0.29, 0.717) is 5.69 Å². The van der Waals surface area contributed by atoms with Gasteiger partial charge in [-0.25, -0.2) is 8.42 Å². The Bertz CT molecular complexity index is 896. The Labute approximate surface area is 148 Å². The molecule has 140 valence electrons. The fraction of sp³-hybridized carbons (Fsp3) is 0.188. The van der Waals surface area contributed by atoms with Crippen molar-refractivity contribution in [1.29, 1.82) is 0 Å². The van der Waals surface area contributed by atoms with E-state index in [1.165, 1.54) is 50.4 Å². The molecule has 0 atom stereocenters. The van der Waals surface area contributed by atoms with E-state index in [0.717, 1.165) is 16.4 Å². The lowest BCUT2D eigenvalue weighted by molar-refractivity contribution is -0.274. The zero-order valence-corrected chi connectivity index (χ0v) is 14.6. The monoisotopic (exact) mass is 388 g/mol. The molecule has 2 aromatic rings. The van der Waals surface area contributed by atoms with Crippen LogP contribution >= 0.6 is 0 Å². The molecule has 0 heterocycles. The van der Waals surface area contributed by atoms with Gasteiger partial charge in [0.2, 0.25) is 5.91 Å². The highest BCUT2D eigenvalue weighted by molar-refractivity contribution is 7.92. The highest BCUT2D eigenvalue weighted by Crippen LogP contribution is 2.29. The fourth-order valence-electron chi connectivity index (χ4n) is 2.09. The molecule has 1 N–H and O–H groups in total. The summed E-state index contributed by atoms with van der Waals surface area (Å²) >= 11 is 0. The third-order valence-corrected chi connectivity index (χ3v) is 5.05. The lowest BCUT2D eigenvalue weighted by atomic mass is 10.3. The number of carbonyl (C=O) groups excluding carboxylic acids is 1. The number of halogens is 3. The minimum absolute atomic E-state index is 0.00214. The van der Waals surface area contributed by atoms with Crippen molar-refractivity contribution in [2.45, 2.75) is 18.2 Å². The number of carbonyl (C=O) groups is 1. The first-order chi connectivity index (χ1) is 12.0. The summed E-state index contributed by atoms with van der Waals surface area (Å²) in [4.78, 5) is 10.9. The molecule has 0 fully saturated rings. The molecule has 26 heavy (non-hydrogen) atoms. The number of alkyl halides is 3. The number of sulfonamides is 1. The summed E-state index contributed by atoms with van der Waals surface area (Å²) < 4.78 is 66.9. The van der Waals surface area contributed by atoms with E-state index in [-0.39, 0.29) is 16.5 Å². The Morgan fingerprint density at radius 3 is 2.27 bits per heavy atom. The van der Waals surface area contributed by atoms with E-state index >= 15 is 0 Å². The highest BCUT2D eigenvalue weighted by Gasteiger charge is 2.31. The average molecular weight is 388 g/mol.